The zero-order chi connectivity index (χ0) is 64.9. The first kappa shape index (κ1) is 76.4. The van der Waals surface area contributed by atoms with E-state index >= 15 is 0 Å². The topological polar surface area (TPSA) is 331 Å². The molecule has 0 amide bonds. The third-order valence-electron chi connectivity index (χ3n) is 16.4. The number of carbonyl (C=O) groups excluding carboxylic acids is 1. The van der Waals surface area contributed by atoms with Gasteiger partial charge in [-0.1, -0.05) is 42.5 Å². The molecule has 0 aliphatic carbocycles. The molecule has 4 saturated heterocycles. The highest BCUT2D eigenvalue weighted by Gasteiger charge is 2.24. The van der Waals surface area contributed by atoms with Crippen molar-refractivity contribution in [3.05, 3.63) is 115 Å². The number of benzene rings is 4. The lowest BCUT2D eigenvalue weighted by molar-refractivity contribution is 0.108. The monoisotopic (exact) mass is 1260 g/mol. The number of hydrogen-bond acceptors (Lipinski definition) is 25. The SMILES string of the molecule is COc1c(C=O)ccc(CO)c1CO.COc1c(CN2CCN(CCO)CC2)ccc(CO)c1CO.COc1c(CN2CCN(CCO)CC2)ccc(CO)c1CO.COc1c(CN2CCN(CCO)CC2)ccc(CO)c1CO.OCCN1CCNCC1. The molecule has 25 heteroatoms. The highest BCUT2D eigenvalue weighted by atomic mass is 16.5. The quantitative estimate of drug-likeness (QED) is 0.0310. The molecule has 0 radical (unpaired) electrons. The summed E-state index contributed by atoms with van der Waals surface area (Å²) in [5.74, 6) is 2.35. The molecule has 0 atom stereocenters. The minimum absolute atomic E-state index is 0.105. The Hall–Kier alpha value is -5.05. The van der Waals surface area contributed by atoms with Gasteiger partial charge in [0.15, 0.2) is 6.29 Å². The molecule has 8 rings (SSSR count). The molecule has 4 aromatic carbocycles. The minimum Gasteiger partial charge on any atom is -0.496 e. The summed E-state index contributed by atoms with van der Waals surface area (Å²) < 4.78 is 21.4. The van der Waals surface area contributed by atoms with Gasteiger partial charge in [-0.05, 0) is 28.3 Å². The Morgan fingerprint density at radius 3 is 0.798 bits per heavy atom. The van der Waals surface area contributed by atoms with E-state index in [2.05, 4.69) is 39.6 Å². The van der Waals surface area contributed by atoms with E-state index in [1.165, 1.54) is 7.11 Å². The summed E-state index contributed by atoms with van der Waals surface area (Å²) in [6.07, 6.45) is 0.652. The fourth-order valence-corrected chi connectivity index (χ4v) is 11.3. The summed E-state index contributed by atoms with van der Waals surface area (Å²) in [5.41, 5.74) is 8.59. The number of nitrogens with zero attached hydrogens (tertiary/aromatic N) is 7. The number of β-amino-alcohol motifs (C(OH)–C–C–N with tert-alkyl or cyclic N) is 4. The van der Waals surface area contributed by atoms with E-state index in [4.69, 9.17) is 49.6 Å². The Morgan fingerprint density at radius 2 is 0.562 bits per heavy atom. The van der Waals surface area contributed by atoms with Gasteiger partial charge in [-0.2, -0.15) is 0 Å². The summed E-state index contributed by atoms with van der Waals surface area (Å²) in [4.78, 5) is 26.7. The molecule has 89 heavy (non-hydrogen) atoms. The number of carbonyl (C=O) groups is 1. The minimum atomic E-state index is -0.263. The van der Waals surface area contributed by atoms with Gasteiger partial charge in [0.05, 0.1) is 113 Å². The van der Waals surface area contributed by atoms with Crippen molar-refractivity contribution in [1.29, 1.82) is 0 Å². The smallest absolute Gasteiger partial charge is 0.153 e. The molecular weight excluding hydrogens is 1150 g/mol. The van der Waals surface area contributed by atoms with Crippen molar-refractivity contribution < 1.29 is 85.0 Å². The molecule has 4 heterocycles. The number of aldehydes is 1. The van der Waals surface area contributed by atoms with Crippen molar-refractivity contribution in [2.24, 2.45) is 0 Å². The van der Waals surface area contributed by atoms with E-state index in [1.807, 2.05) is 36.4 Å². The Morgan fingerprint density at radius 1 is 0.326 bits per heavy atom. The molecule has 4 fully saturated rings. The molecule has 0 aromatic heterocycles. The van der Waals surface area contributed by atoms with Crippen LogP contribution in [0.25, 0.3) is 0 Å². The van der Waals surface area contributed by atoms with Gasteiger partial charge in [-0.25, -0.2) is 0 Å². The van der Waals surface area contributed by atoms with Crippen molar-refractivity contribution in [3.8, 4) is 23.0 Å². The predicted octanol–water partition coefficient (Wildman–Crippen LogP) is -1.25. The normalized spacial score (nSPS) is 16.4. The van der Waals surface area contributed by atoms with E-state index in [0.717, 1.165) is 167 Å². The van der Waals surface area contributed by atoms with Gasteiger partial charge >= 0.3 is 0 Å². The molecule has 0 bridgehead atoms. The number of methoxy groups -OCH3 is 4. The number of nitrogens with one attached hydrogen (secondary N) is 1. The van der Waals surface area contributed by atoms with Crippen LogP contribution in [0.2, 0.25) is 0 Å². The second kappa shape index (κ2) is 43.7. The fourth-order valence-electron chi connectivity index (χ4n) is 11.3. The first-order chi connectivity index (χ1) is 43.4. The van der Waals surface area contributed by atoms with Crippen molar-refractivity contribution in [2.75, 3.05) is 186 Å². The van der Waals surface area contributed by atoms with Crippen molar-refractivity contribution in [3.63, 3.8) is 0 Å². The first-order valence-electron chi connectivity index (χ1n) is 30.6. The largest absolute Gasteiger partial charge is 0.496 e. The van der Waals surface area contributed by atoms with Crippen molar-refractivity contribution >= 4 is 6.29 Å². The van der Waals surface area contributed by atoms with Crippen LogP contribution in [-0.4, -0.2) is 288 Å². The van der Waals surface area contributed by atoms with Crippen molar-refractivity contribution in [2.45, 2.75) is 72.5 Å². The predicted molar refractivity (Wildman–Crippen MR) is 338 cm³/mol. The first-order valence-corrected chi connectivity index (χ1v) is 30.6. The summed E-state index contributed by atoms with van der Waals surface area (Å²) in [6.45, 7) is 20.7. The summed E-state index contributed by atoms with van der Waals surface area (Å²) in [5, 5.41) is 114. The maximum atomic E-state index is 10.6. The number of ether oxygens (including phenoxy) is 4. The van der Waals surface area contributed by atoms with Crippen LogP contribution in [0.1, 0.15) is 71.6 Å². The average molecular weight is 1260 g/mol. The zero-order valence-electron chi connectivity index (χ0n) is 53.0. The highest BCUT2D eigenvalue weighted by molar-refractivity contribution is 5.80. The highest BCUT2D eigenvalue weighted by Crippen LogP contribution is 2.32. The molecule has 0 spiro atoms. The second-order valence-electron chi connectivity index (χ2n) is 21.7. The maximum absolute atomic E-state index is 10.6. The van der Waals surface area contributed by atoms with Crippen LogP contribution >= 0.6 is 0 Å². The third-order valence-corrected chi connectivity index (χ3v) is 16.4. The van der Waals surface area contributed by atoms with Crippen molar-refractivity contribution in [1.82, 2.24) is 39.6 Å². The lowest BCUT2D eigenvalue weighted by Crippen LogP contribution is -2.46. The maximum Gasteiger partial charge on any atom is 0.153 e. The van der Waals surface area contributed by atoms with E-state index < -0.39 is 0 Å². The lowest BCUT2D eigenvalue weighted by atomic mass is 10.0. The molecule has 4 aromatic rings. The number of aliphatic hydroxyl groups excluding tert-OH is 12. The lowest BCUT2D eigenvalue weighted by Gasteiger charge is -2.34. The molecule has 4 aliphatic heterocycles. The van der Waals surface area contributed by atoms with Gasteiger partial charge in [0, 0.05) is 189 Å². The molecule has 13 N–H and O–H groups in total. The summed E-state index contributed by atoms with van der Waals surface area (Å²) >= 11 is 0. The van der Waals surface area contributed by atoms with Gasteiger partial charge in [-0.15, -0.1) is 0 Å². The Labute approximate surface area is 525 Å². The average Bonchev–Trinajstić information content (AvgIpc) is 2.86. The third kappa shape index (κ3) is 23.9. The zero-order valence-corrected chi connectivity index (χ0v) is 53.0. The summed E-state index contributed by atoms with van der Waals surface area (Å²) in [7, 11) is 6.21. The summed E-state index contributed by atoms with van der Waals surface area (Å²) in [6, 6.07) is 14.6. The van der Waals surface area contributed by atoms with Crippen LogP contribution in [-0.2, 0) is 72.5 Å². The Bertz CT molecular complexity index is 2390. The van der Waals surface area contributed by atoms with E-state index in [0.29, 0.717) is 86.0 Å². The second-order valence-corrected chi connectivity index (χ2v) is 21.7. The molecule has 502 valence electrons. The van der Waals surface area contributed by atoms with Gasteiger partial charge in [0.1, 0.15) is 23.0 Å². The van der Waals surface area contributed by atoms with Gasteiger partial charge in [0.25, 0.3) is 0 Å². The molecular formula is C64H104N8O17. The van der Waals surface area contributed by atoms with Crippen LogP contribution in [0.15, 0.2) is 48.5 Å². The Balaban J connectivity index is 0.000000245. The van der Waals surface area contributed by atoms with E-state index in [-0.39, 0.29) is 72.7 Å². The standard InChI is InChI=1S/3C16H26N2O4.C10H12O4.C6H14N2O/c3*1-22-16-13(2-3-14(11-20)15(16)12-21)10-18-6-4-17(5-7-18)8-9-19;1-14-10-8(5-12)3-2-7(4-11)9(10)6-13;9-6-5-8-3-1-7-2-4-8/h3*2-3,19-21H,4-12H2,1H3;2-3,5,11,13H,4,6H2,1H3;7,9H,1-6H2. The molecule has 0 unspecified atom stereocenters. The fraction of sp³-hybridized carbons (Fsp3) is 0.609. The number of hydrogen-bond donors (Lipinski definition) is 13. The molecule has 0 saturated carbocycles. The number of aliphatic hydroxyl groups is 12. The number of rotatable bonds is 27. The van der Waals surface area contributed by atoms with Crippen LogP contribution in [0.4, 0.5) is 0 Å². The van der Waals surface area contributed by atoms with E-state index in [9.17, 15) is 35.4 Å². The van der Waals surface area contributed by atoms with E-state index in [1.54, 1.807) is 33.5 Å². The van der Waals surface area contributed by atoms with Gasteiger partial charge < -0.3 is 85.5 Å². The van der Waals surface area contributed by atoms with Crippen LogP contribution in [0.3, 0.4) is 0 Å². The van der Waals surface area contributed by atoms with Crippen LogP contribution in [0.5, 0.6) is 23.0 Å². The van der Waals surface area contributed by atoms with Crippen LogP contribution in [0, 0.1) is 0 Å². The molecule has 25 nitrogen and oxygen atoms in total. The molecule has 4 aliphatic rings. The number of piperazine rings is 4. The van der Waals surface area contributed by atoms with Crippen LogP contribution < -0.4 is 24.3 Å². The Kier molecular flexibility index (Phi) is 37.5. The van der Waals surface area contributed by atoms with Gasteiger partial charge in [0.2, 0.25) is 0 Å². The van der Waals surface area contributed by atoms with Gasteiger partial charge in [-0.3, -0.25) is 39.1 Å².